The number of hydrogen-bond acceptors (Lipinski definition) is 5. The number of carbonyl (C=O) groups is 2. The lowest BCUT2D eigenvalue weighted by molar-refractivity contribution is -0.160. The molecule has 1 heterocycles. The number of amides is 1. The zero-order chi connectivity index (χ0) is 20.2. The van der Waals surface area contributed by atoms with Crippen LogP contribution in [0.3, 0.4) is 0 Å². The van der Waals surface area contributed by atoms with Crippen molar-refractivity contribution in [1.82, 2.24) is 4.90 Å². The third-order valence-electron chi connectivity index (χ3n) is 5.23. The molecule has 2 rings (SSSR count). The SMILES string of the molecule is CCOC(=O)C1(C(C)c2cccc(N)c2)CCN(C(=O)OC(C)(C)C)CC1. The summed E-state index contributed by atoms with van der Waals surface area (Å²) in [7, 11) is 0. The van der Waals surface area contributed by atoms with Crippen molar-refractivity contribution in [3.8, 4) is 0 Å². The van der Waals surface area contributed by atoms with E-state index in [4.69, 9.17) is 15.2 Å². The maximum Gasteiger partial charge on any atom is 0.410 e. The number of nitrogen functional groups attached to an aromatic ring is 1. The highest BCUT2D eigenvalue weighted by Crippen LogP contribution is 2.46. The van der Waals surface area contributed by atoms with Crippen LogP contribution in [0.2, 0.25) is 0 Å². The number of anilines is 1. The highest BCUT2D eigenvalue weighted by molar-refractivity contribution is 5.79. The smallest absolute Gasteiger partial charge is 0.410 e. The zero-order valence-corrected chi connectivity index (χ0v) is 17.1. The third-order valence-corrected chi connectivity index (χ3v) is 5.23. The van der Waals surface area contributed by atoms with Crippen molar-refractivity contribution in [2.45, 2.75) is 59.0 Å². The lowest BCUT2D eigenvalue weighted by atomic mass is 9.67. The van der Waals surface area contributed by atoms with E-state index >= 15 is 0 Å². The Kier molecular flexibility index (Phi) is 6.39. The summed E-state index contributed by atoms with van der Waals surface area (Å²) in [5.74, 6) is -0.274. The van der Waals surface area contributed by atoms with Crippen molar-refractivity contribution in [2.24, 2.45) is 5.41 Å². The molecule has 1 aliphatic rings. The van der Waals surface area contributed by atoms with Gasteiger partial charge in [0.25, 0.3) is 0 Å². The Balaban J connectivity index is 2.22. The van der Waals surface area contributed by atoms with Gasteiger partial charge in [-0.25, -0.2) is 4.79 Å². The fraction of sp³-hybridized carbons (Fsp3) is 0.619. The molecule has 1 saturated heterocycles. The van der Waals surface area contributed by atoms with E-state index in [1.165, 1.54) is 0 Å². The molecule has 1 amide bonds. The van der Waals surface area contributed by atoms with Crippen LogP contribution in [0.5, 0.6) is 0 Å². The number of likely N-dealkylation sites (tertiary alicyclic amines) is 1. The molecule has 1 fully saturated rings. The van der Waals surface area contributed by atoms with Crippen molar-refractivity contribution in [3.63, 3.8) is 0 Å². The molecule has 6 heteroatoms. The Bertz CT molecular complexity index is 673. The summed E-state index contributed by atoms with van der Waals surface area (Å²) < 4.78 is 10.9. The molecular formula is C21H32N2O4. The molecule has 0 bridgehead atoms. The predicted molar refractivity (Wildman–Crippen MR) is 105 cm³/mol. The second-order valence-corrected chi connectivity index (χ2v) is 8.24. The number of carbonyl (C=O) groups excluding carboxylic acids is 2. The molecule has 1 aromatic carbocycles. The summed E-state index contributed by atoms with van der Waals surface area (Å²) in [6, 6.07) is 7.63. The number of nitrogens with two attached hydrogens (primary N) is 1. The summed E-state index contributed by atoms with van der Waals surface area (Å²) in [4.78, 5) is 27.0. The molecule has 0 saturated carbocycles. The van der Waals surface area contributed by atoms with Crippen LogP contribution in [0.25, 0.3) is 0 Å². The molecule has 0 aromatic heterocycles. The predicted octanol–water partition coefficient (Wildman–Crippen LogP) is 3.95. The Labute approximate surface area is 162 Å². The molecule has 0 spiro atoms. The Morgan fingerprint density at radius 1 is 1.26 bits per heavy atom. The number of hydrogen-bond donors (Lipinski definition) is 1. The highest BCUT2D eigenvalue weighted by Gasteiger charge is 2.48. The summed E-state index contributed by atoms with van der Waals surface area (Å²) in [5.41, 5.74) is 6.40. The first-order valence-electron chi connectivity index (χ1n) is 9.59. The summed E-state index contributed by atoms with van der Waals surface area (Å²) in [6.45, 7) is 10.6. The first-order valence-corrected chi connectivity index (χ1v) is 9.59. The van der Waals surface area contributed by atoms with Gasteiger partial charge in [0.15, 0.2) is 0 Å². The van der Waals surface area contributed by atoms with Gasteiger partial charge in [-0.05, 0) is 64.2 Å². The van der Waals surface area contributed by atoms with Gasteiger partial charge < -0.3 is 20.1 Å². The number of piperidine rings is 1. The first-order chi connectivity index (χ1) is 12.6. The van der Waals surface area contributed by atoms with Crippen molar-refractivity contribution >= 4 is 17.7 Å². The van der Waals surface area contributed by atoms with Crippen LogP contribution >= 0.6 is 0 Å². The standard InChI is InChI=1S/C21H32N2O4/c1-6-26-18(24)21(15(2)16-8-7-9-17(22)14-16)10-12-23(13-11-21)19(25)27-20(3,4)5/h7-9,14-15H,6,10-13,22H2,1-5H3. The van der Waals surface area contributed by atoms with Crippen LogP contribution in [0.15, 0.2) is 24.3 Å². The van der Waals surface area contributed by atoms with E-state index in [1.807, 2.05) is 58.9 Å². The Morgan fingerprint density at radius 3 is 2.41 bits per heavy atom. The molecule has 1 atom stereocenters. The van der Waals surface area contributed by atoms with Crippen molar-refractivity contribution in [2.75, 3.05) is 25.4 Å². The molecule has 1 aromatic rings. The van der Waals surface area contributed by atoms with E-state index in [1.54, 1.807) is 4.90 Å². The lowest BCUT2D eigenvalue weighted by Gasteiger charge is -2.43. The minimum atomic E-state index is -0.678. The van der Waals surface area contributed by atoms with Gasteiger partial charge in [-0.3, -0.25) is 4.79 Å². The van der Waals surface area contributed by atoms with E-state index in [-0.39, 0.29) is 18.0 Å². The van der Waals surface area contributed by atoms with E-state index < -0.39 is 11.0 Å². The zero-order valence-electron chi connectivity index (χ0n) is 17.1. The van der Waals surface area contributed by atoms with Crippen LogP contribution in [-0.2, 0) is 14.3 Å². The number of rotatable bonds is 4. The molecule has 1 aliphatic heterocycles. The summed E-state index contributed by atoms with van der Waals surface area (Å²) in [6.07, 6.45) is 0.721. The normalized spacial score (nSPS) is 17.9. The minimum Gasteiger partial charge on any atom is -0.466 e. The molecular weight excluding hydrogens is 344 g/mol. The van der Waals surface area contributed by atoms with Crippen LogP contribution < -0.4 is 5.73 Å². The summed E-state index contributed by atoms with van der Waals surface area (Å²) in [5, 5.41) is 0. The quantitative estimate of drug-likeness (QED) is 0.635. The van der Waals surface area contributed by atoms with E-state index in [9.17, 15) is 9.59 Å². The van der Waals surface area contributed by atoms with E-state index in [0.717, 1.165) is 5.56 Å². The van der Waals surface area contributed by atoms with Crippen molar-refractivity contribution in [3.05, 3.63) is 29.8 Å². The number of esters is 1. The van der Waals surface area contributed by atoms with Crippen LogP contribution in [0.1, 0.15) is 58.9 Å². The van der Waals surface area contributed by atoms with Gasteiger partial charge in [-0.1, -0.05) is 19.1 Å². The maximum atomic E-state index is 12.9. The topological polar surface area (TPSA) is 81.9 Å². The van der Waals surface area contributed by atoms with Crippen molar-refractivity contribution < 1.29 is 19.1 Å². The number of ether oxygens (including phenoxy) is 2. The van der Waals surface area contributed by atoms with Crippen LogP contribution in [0.4, 0.5) is 10.5 Å². The fourth-order valence-electron chi connectivity index (χ4n) is 3.65. The highest BCUT2D eigenvalue weighted by atomic mass is 16.6. The fourth-order valence-corrected chi connectivity index (χ4v) is 3.65. The average Bonchev–Trinajstić information content (AvgIpc) is 2.60. The first kappa shape index (κ1) is 21.1. The molecule has 0 aliphatic carbocycles. The Hall–Kier alpha value is -2.24. The number of nitrogens with zero attached hydrogens (tertiary/aromatic N) is 1. The third kappa shape index (κ3) is 4.93. The summed E-state index contributed by atoms with van der Waals surface area (Å²) >= 11 is 0. The van der Waals surface area contributed by atoms with E-state index in [2.05, 4.69) is 0 Å². The van der Waals surface area contributed by atoms with Crippen LogP contribution in [0, 0.1) is 5.41 Å². The molecule has 6 nitrogen and oxygen atoms in total. The van der Waals surface area contributed by atoms with Gasteiger partial charge in [-0.15, -0.1) is 0 Å². The van der Waals surface area contributed by atoms with Gasteiger partial charge in [0.2, 0.25) is 0 Å². The molecule has 150 valence electrons. The van der Waals surface area contributed by atoms with Gasteiger partial charge >= 0.3 is 12.1 Å². The largest absolute Gasteiger partial charge is 0.466 e. The second-order valence-electron chi connectivity index (χ2n) is 8.24. The van der Waals surface area contributed by atoms with Crippen molar-refractivity contribution in [1.29, 1.82) is 0 Å². The van der Waals surface area contributed by atoms with Gasteiger partial charge in [0, 0.05) is 18.8 Å². The lowest BCUT2D eigenvalue weighted by Crippen LogP contribution is -2.50. The minimum absolute atomic E-state index is 0.0687. The molecule has 0 radical (unpaired) electrons. The van der Waals surface area contributed by atoms with Gasteiger partial charge in [0.1, 0.15) is 5.60 Å². The van der Waals surface area contributed by atoms with Gasteiger partial charge in [-0.2, -0.15) is 0 Å². The average molecular weight is 376 g/mol. The monoisotopic (exact) mass is 376 g/mol. The maximum absolute atomic E-state index is 12.9. The number of benzene rings is 1. The van der Waals surface area contributed by atoms with E-state index in [0.29, 0.717) is 38.2 Å². The molecule has 2 N–H and O–H groups in total. The Morgan fingerprint density at radius 2 is 1.89 bits per heavy atom. The molecule has 1 unspecified atom stereocenters. The second kappa shape index (κ2) is 8.19. The van der Waals surface area contributed by atoms with Gasteiger partial charge in [0.05, 0.1) is 12.0 Å². The van der Waals surface area contributed by atoms with Crippen LogP contribution in [-0.4, -0.2) is 42.3 Å². The molecule has 27 heavy (non-hydrogen) atoms.